The first kappa shape index (κ1) is 23.3. The molecule has 1 amide bonds. The lowest BCUT2D eigenvalue weighted by Crippen LogP contribution is -2.47. The molecule has 2 aliphatic heterocycles. The zero-order valence-electron chi connectivity index (χ0n) is 18.8. The quantitative estimate of drug-likeness (QED) is 0.676. The first-order valence-corrected chi connectivity index (χ1v) is 13.2. The van der Waals surface area contributed by atoms with Crippen LogP contribution in [0.5, 0.6) is 5.75 Å². The molecular weight excluding hydrogens is 440 g/mol. The average molecular weight is 471 g/mol. The lowest BCUT2D eigenvalue weighted by atomic mass is 9.96. The fraction of sp³-hybridized carbons (Fsp3) is 0.400. The Morgan fingerprint density at radius 1 is 1.06 bits per heavy atom. The van der Waals surface area contributed by atoms with Gasteiger partial charge in [-0.2, -0.15) is 0 Å². The number of fused-ring (bicyclic) bond motifs is 5. The van der Waals surface area contributed by atoms with Crippen molar-refractivity contribution in [2.45, 2.75) is 37.8 Å². The molecule has 2 aliphatic rings. The molecule has 0 saturated carbocycles. The second-order valence-corrected chi connectivity index (χ2v) is 10.3. The Bertz CT molecular complexity index is 1120. The smallest absolute Gasteiger partial charge is 0.410 e. The third-order valence-corrected chi connectivity index (χ3v) is 6.69. The Morgan fingerprint density at radius 2 is 1.91 bits per heavy atom. The van der Waals surface area contributed by atoms with Gasteiger partial charge in [-0.15, -0.1) is 0 Å². The molecule has 0 aromatic heterocycles. The molecule has 2 bridgehead atoms. The number of nitrogens with zero attached hydrogens (tertiary/aromatic N) is 1. The zero-order valence-corrected chi connectivity index (χ0v) is 19.6. The van der Waals surface area contributed by atoms with E-state index in [0.717, 1.165) is 41.5 Å². The molecule has 176 valence electrons. The maximum absolute atomic E-state index is 12.8. The van der Waals surface area contributed by atoms with Crippen molar-refractivity contribution in [2.24, 2.45) is 0 Å². The van der Waals surface area contributed by atoms with Crippen LogP contribution < -0.4 is 9.46 Å². The largest absolute Gasteiger partial charge is 0.493 e. The summed E-state index contributed by atoms with van der Waals surface area (Å²) in [5.74, 6) is 0.834. The number of para-hydroxylation sites is 1. The van der Waals surface area contributed by atoms with Gasteiger partial charge in [-0.1, -0.05) is 54.6 Å². The molecular formula is C25H30N2O5S. The average Bonchev–Trinajstić information content (AvgIpc) is 3.16. The molecule has 1 fully saturated rings. The molecule has 2 aromatic carbocycles. The van der Waals surface area contributed by atoms with Crippen LogP contribution in [0.3, 0.4) is 0 Å². The highest BCUT2D eigenvalue weighted by atomic mass is 32.2. The van der Waals surface area contributed by atoms with Crippen LogP contribution in [0.4, 0.5) is 4.79 Å². The van der Waals surface area contributed by atoms with Gasteiger partial charge in [0.05, 0.1) is 18.9 Å². The number of allylic oxidation sites excluding steroid dienone is 1. The van der Waals surface area contributed by atoms with Crippen LogP contribution in [-0.2, 0) is 21.2 Å². The van der Waals surface area contributed by atoms with Gasteiger partial charge in [0.25, 0.3) is 0 Å². The Morgan fingerprint density at radius 3 is 2.76 bits per heavy atom. The first-order valence-electron chi connectivity index (χ1n) is 11.3. The summed E-state index contributed by atoms with van der Waals surface area (Å²) in [7, 11) is -3.42. The van der Waals surface area contributed by atoms with Gasteiger partial charge in [0.1, 0.15) is 12.4 Å². The number of hydrogen-bond donors (Lipinski definition) is 1. The maximum atomic E-state index is 12.8. The Hall–Kier alpha value is -2.84. The molecule has 0 radical (unpaired) electrons. The normalized spacial score (nSPS) is 22.9. The highest BCUT2D eigenvalue weighted by molar-refractivity contribution is 7.88. The number of benzene rings is 2. The van der Waals surface area contributed by atoms with Crippen molar-refractivity contribution in [3.05, 3.63) is 66.2 Å². The summed E-state index contributed by atoms with van der Waals surface area (Å²) >= 11 is 0. The van der Waals surface area contributed by atoms with E-state index in [1.54, 1.807) is 4.90 Å². The number of cyclic esters (lactones) is 1. The number of rotatable bonds is 2. The summed E-state index contributed by atoms with van der Waals surface area (Å²) in [6.07, 6.45) is 7.27. The third-order valence-electron chi connectivity index (χ3n) is 5.96. The zero-order chi connectivity index (χ0) is 23.3. The Balaban J connectivity index is 1.68. The van der Waals surface area contributed by atoms with Crippen LogP contribution in [0.2, 0.25) is 0 Å². The number of nitrogens with one attached hydrogen (secondary N) is 1. The topological polar surface area (TPSA) is 84.9 Å². The first-order chi connectivity index (χ1) is 15.9. The van der Waals surface area contributed by atoms with Crippen LogP contribution in [-0.4, -0.2) is 57.5 Å². The number of carbonyl (C=O) groups excluding carboxylic acids is 1. The fourth-order valence-corrected chi connectivity index (χ4v) is 5.28. The molecule has 1 saturated heterocycles. The molecule has 0 aliphatic carbocycles. The summed E-state index contributed by atoms with van der Waals surface area (Å²) in [6, 6.07) is 15.4. The standard InChI is InChI=1S/C25H30N2O5S/c1-33(29,30)26-22-13-14-27-23(22)18-19-9-8-10-20(17-19)21-11-4-5-12-24(21)31-15-6-2-3-7-16-32-25(27)28/h3-5,7-12,17,22-23,26H,2,6,13-16,18H2,1H3/b7-3+/t22-,23-/m0/s1. The van der Waals surface area contributed by atoms with E-state index in [4.69, 9.17) is 9.47 Å². The summed E-state index contributed by atoms with van der Waals surface area (Å²) in [6.45, 7) is 1.22. The maximum Gasteiger partial charge on any atom is 0.410 e. The van der Waals surface area contributed by atoms with Crippen molar-refractivity contribution in [2.75, 3.05) is 26.0 Å². The number of amides is 1. The number of ether oxygens (including phenoxy) is 2. The van der Waals surface area contributed by atoms with Crippen molar-refractivity contribution in [1.82, 2.24) is 9.62 Å². The summed E-state index contributed by atoms with van der Waals surface area (Å²) in [5, 5.41) is 0. The molecule has 1 N–H and O–H groups in total. The van der Waals surface area contributed by atoms with Crippen LogP contribution in [0.25, 0.3) is 11.1 Å². The second-order valence-electron chi connectivity index (χ2n) is 8.49. The van der Waals surface area contributed by atoms with Gasteiger partial charge in [-0.3, -0.25) is 0 Å². The predicted octanol–water partition coefficient (Wildman–Crippen LogP) is 3.75. The minimum atomic E-state index is -3.42. The summed E-state index contributed by atoms with van der Waals surface area (Å²) in [5.41, 5.74) is 3.04. The fourth-order valence-electron chi connectivity index (χ4n) is 4.45. The van der Waals surface area contributed by atoms with E-state index in [0.29, 0.717) is 26.0 Å². The van der Waals surface area contributed by atoms with E-state index in [9.17, 15) is 13.2 Å². The van der Waals surface area contributed by atoms with Gasteiger partial charge in [-0.25, -0.2) is 17.9 Å². The van der Waals surface area contributed by atoms with Gasteiger partial charge < -0.3 is 14.4 Å². The highest BCUT2D eigenvalue weighted by Gasteiger charge is 2.39. The van der Waals surface area contributed by atoms with Crippen molar-refractivity contribution >= 4 is 16.1 Å². The van der Waals surface area contributed by atoms with E-state index in [1.165, 1.54) is 0 Å². The molecule has 7 nitrogen and oxygen atoms in total. The molecule has 0 spiro atoms. The van der Waals surface area contributed by atoms with Gasteiger partial charge in [-0.05, 0) is 42.9 Å². The molecule has 2 heterocycles. The van der Waals surface area contributed by atoms with Crippen molar-refractivity contribution in [3.8, 4) is 16.9 Å². The number of sulfonamides is 1. The van der Waals surface area contributed by atoms with Crippen LogP contribution in [0.15, 0.2) is 60.7 Å². The van der Waals surface area contributed by atoms with E-state index >= 15 is 0 Å². The van der Waals surface area contributed by atoms with E-state index in [2.05, 4.69) is 10.8 Å². The summed E-state index contributed by atoms with van der Waals surface area (Å²) in [4.78, 5) is 14.5. The predicted molar refractivity (Wildman–Crippen MR) is 128 cm³/mol. The Kier molecular flexibility index (Phi) is 7.35. The van der Waals surface area contributed by atoms with Crippen molar-refractivity contribution < 1.29 is 22.7 Å². The molecule has 8 heteroatoms. The van der Waals surface area contributed by atoms with Gasteiger partial charge in [0.15, 0.2) is 0 Å². The monoisotopic (exact) mass is 470 g/mol. The summed E-state index contributed by atoms with van der Waals surface area (Å²) < 4.78 is 38.1. The van der Waals surface area contributed by atoms with Crippen LogP contribution >= 0.6 is 0 Å². The molecule has 0 unspecified atom stereocenters. The van der Waals surface area contributed by atoms with Crippen LogP contribution in [0, 0.1) is 0 Å². The Labute approximate surface area is 195 Å². The van der Waals surface area contributed by atoms with Gasteiger partial charge in [0.2, 0.25) is 10.0 Å². The second kappa shape index (κ2) is 10.4. The molecule has 2 atom stereocenters. The van der Waals surface area contributed by atoms with Gasteiger partial charge >= 0.3 is 6.09 Å². The molecule has 33 heavy (non-hydrogen) atoms. The van der Waals surface area contributed by atoms with Crippen molar-refractivity contribution in [1.29, 1.82) is 0 Å². The third kappa shape index (κ3) is 6.15. The lowest BCUT2D eigenvalue weighted by molar-refractivity contribution is 0.106. The lowest BCUT2D eigenvalue weighted by Gasteiger charge is -2.28. The van der Waals surface area contributed by atoms with Crippen molar-refractivity contribution in [3.63, 3.8) is 0 Å². The van der Waals surface area contributed by atoms with E-state index in [1.807, 2.05) is 54.6 Å². The number of carbonyl (C=O) groups is 1. The number of hydrogen-bond acceptors (Lipinski definition) is 5. The van der Waals surface area contributed by atoms with Gasteiger partial charge in [0, 0.05) is 18.2 Å². The molecule has 4 rings (SSSR count). The minimum Gasteiger partial charge on any atom is -0.493 e. The SMILES string of the molecule is CS(=O)(=O)N[C@H]1CCN2C(=O)OC/C=C/CCCOc3ccccc3-c3cccc(c3)C[C@@H]12. The van der Waals surface area contributed by atoms with Crippen LogP contribution in [0.1, 0.15) is 24.8 Å². The van der Waals surface area contributed by atoms with E-state index in [-0.39, 0.29) is 18.7 Å². The molecule has 2 aromatic rings. The van der Waals surface area contributed by atoms with E-state index < -0.39 is 16.1 Å². The minimum absolute atomic E-state index is 0.186. The highest BCUT2D eigenvalue weighted by Crippen LogP contribution is 2.32.